The van der Waals surface area contributed by atoms with Gasteiger partial charge in [0.15, 0.2) is 5.82 Å². The minimum absolute atomic E-state index is 0.119. The van der Waals surface area contributed by atoms with Gasteiger partial charge in [-0.2, -0.15) is 0 Å². The summed E-state index contributed by atoms with van der Waals surface area (Å²) in [6, 6.07) is 9.72. The monoisotopic (exact) mass is 469 g/mol. The summed E-state index contributed by atoms with van der Waals surface area (Å²) in [5, 5.41) is 10.4. The number of hydrogen-bond acceptors (Lipinski definition) is 6. The number of aliphatic imine (C=N–C) groups is 1. The first-order valence-corrected chi connectivity index (χ1v) is 12.0. The number of halogens is 1. The molecule has 1 saturated heterocycles. The Morgan fingerprint density at radius 2 is 2.00 bits per heavy atom. The molecule has 0 saturated carbocycles. The molecule has 1 unspecified atom stereocenters. The quantitative estimate of drug-likeness (QED) is 0.579. The van der Waals surface area contributed by atoms with E-state index in [0.29, 0.717) is 37.7 Å². The first kappa shape index (κ1) is 21.3. The number of fused-ring (bicyclic) bond motifs is 3. The van der Waals surface area contributed by atoms with Crippen LogP contribution in [0.3, 0.4) is 0 Å². The number of hydrogen-bond donors (Lipinski definition) is 0. The Hall–Kier alpha value is -2.55. The third-order valence-corrected chi connectivity index (χ3v) is 7.31. The molecular formula is C23H24ClN5O2S. The number of carbonyl (C=O) groups is 1. The summed E-state index contributed by atoms with van der Waals surface area (Å²) in [6.07, 6.45) is 1.14. The lowest BCUT2D eigenvalue weighted by Crippen LogP contribution is -2.41. The van der Waals surface area contributed by atoms with Crippen molar-refractivity contribution in [1.29, 1.82) is 0 Å². The first-order chi connectivity index (χ1) is 15.6. The molecule has 1 amide bonds. The highest BCUT2D eigenvalue weighted by Crippen LogP contribution is 2.38. The van der Waals surface area contributed by atoms with E-state index in [9.17, 15) is 4.79 Å². The van der Waals surface area contributed by atoms with Crippen LogP contribution >= 0.6 is 22.9 Å². The van der Waals surface area contributed by atoms with Gasteiger partial charge in [-0.05, 0) is 25.5 Å². The fourth-order valence-corrected chi connectivity index (χ4v) is 5.63. The average Bonchev–Trinajstić information content (AvgIpc) is 3.35. The van der Waals surface area contributed by atoms with Gasteiger partial charge in [0.05, 0.1) is 25.3 Å². The number of nitrogens with zero attached hydrogens (tertiary/aromatic N) is 5. The maximum atomic E-state index is 12.9. The topological polar surface area (TPSA) is 72.6 Å². The lowest BCUT2D eigenvalue weighted by atomic mass is 10.0. The average molecular weight is 470 g/mol. The maximum absolute atomic E-state index is 12.9. The van der Waals surface area contributed by atoms with Gasteiger partial charge in [0, 0.05) is 34.1 Å². The van der Waals surface area contributed by atoms with Gasteiger partial charge in [0.25, 0.3) is 0 Å². The van der Waals surface area contributed by atoms with E-state index < -0.39 is 0 Å². The number of benzene rings is 1. The van der Waals surface area contributed by atoms with Crippen LogP contribution in [0.5, 0.6) is 0 Å². The van der Waals surface area contributed by atoms with E-state index in [1.54, 1.807) is 11.3 Å². The number of ether oxygens (including phenoxy) is 1. The zero-order chi connectivity index (χ0) is 22.2. The molecular weight excluding hydrogens is 446 g/mol. The highest BCUT2D eigenvalue weighted by atomic mass is 35.5. The highest BCUT2D eigenvalue weighted by molar-refractivity contribution is 7.15. The smallest absolute Gasteiger partial charge is 0.227 e. The molecule has 166 valence electrons. The molecule has 32 heavy (non-hydrogen) atoms. The molecule has 4 heterocycles. The van der Waals surface area contributed by atoms with Gasteiger partial charge in [0.1, 0.15) is 16.9 Å². The minimum Gasteiger partial charge on any atom is -0.378 e. The summed E-state index contributed by atoms with van der Waals surface area (Å²) < 4.78 is 7.47. The molecule has 9 heteroatoms. The number of amides is 1. The minimum atomic E-state index is -0.125. The molecule has 2 aromatic heterocycles. The second-order valence-electron chi connectivity index (χ2n) is 7.92. The zero-order valence-corrected chi connectivity index (χ0v) is 19.6. The van der Waals surface area contributed by atoms with Crippen LogP contribution in [0.1, 0.15) is 47.0 Å². The van der Waals surface area contributed by atoms with E-state index in [2.05, 4.69) is 27.8 Å². The van der Waals surface area contributed by atoms with Crippen molar-refractivity contribution < 1.29 is 9.53 Å². The molecule has 1 fully saturated rings. The normalized spacial score (nSPS) is 18.0. The molecule has 7 nitrogen and oxygen atoms in total. The second-order valence-corrected chi connectivity index (χ2v) is 9.45. The van der Waals surface area contributed by atoms with Crippen LogP contribution in [-0.2, 0) is 16.0 Å². The standard InChI is InChI=1S/C23H24ClN5O2S/c1-3-19-22-27-26-14(2)29(22)23-17(21(25-19)16-6-4-5-7-18(16)24)12-15(32-23)13-20(30)28-8-10-31-11-9-28/h4-7,12,19H,3,8-11,13H2,1-2H3. The van der Waals surface area contributed by atoms with Crippen molar-refractivity contribution >= 4 is 34.6 Å². The fraction of sp³-hybridized carbons (Fsp3) is 0.391. The molecule has 0 radical (unpaired) electrons. The van der Waals surface area contributed by atoms with Crippen molar-refractivity contribution in [3.05, 3.63) is 63.0 Å². The predicted octanol–water partition coefficient (Wildman–Crippen LogP) is 3.99. The largest absolute Gasteiger partial charge is 0.378 e. The molecule has 2 aliphatic heterocycles. The van der Waals surface area contributed by atoms with Gasteiger partial charge in [-0.1, -0.05) is 36.7 Å². The van der Waals surface area contributed by atoms with Crippen molar-refractivity contribution in [2.75, 3.05) is 26.3 Å². The Morgan fingerprint density at radius 1 is 1.22 bits per heavy atom. The van der Waals surface area contributed by atoms with Gasteiger partial charge < -0.3 is 9.64 Å². The molecule has 0 spiro atoms. The third kappa shape index (κ3) is 3.76. The van der Waals surface area contributed by atoms with Crippen molar-refractivity contribution in [3.8, 4) is 5.00 Å². The molecule has 0 bridgehead atoms. The van der Waals surface area contributed by atoms with E-state index in [4.69, 9.17) is 21.3 Å². The summed E-state index contributed by atoms with van der Waals surface area (Å²) in [5.74, 6) is 1.75. The Morgan fingerprint density at radius 3 is 2.75 bits per heavy atom. The molecule has 1 atom stereocenters. The van der Waals surface area contributed by atoms with Gasteiger partial charge in [0.2, 0.25) is 5.91 Å². The number of aromatic nitrogens is 3. The highest BCUT2D eigenvalue weighted by Gasteiger charge is 2.30. The van der Waals surface area contributed by atoms with Crippen molar-refractivity contribution in [1.82, 2.24) is 19.7 Å². The van der Waals surface area contributed by atoms with Crippen LogP contribution < -0.4 is 0 Å². The lowest BCUT2D eigenvalue weighted by Gasteiger charge is -2.26. The van der Waals surface area contributed by atoms with Crippen molar-refractivity contribution in [2.45, 2.75) is 32.7 Å². The van der Waals surface area contributed by atoms with E-state index in [0.717, 1.165) is 44.8 Å². The first-order valence-electron chi connectivity index (χ1n) is 10.8. The van der Waals surface area contributed by atoms with Gasteiger partial charge in [-0.25, -0.2) is 0 Å². The summed E-state index contributed by atoms with van der Waals surface area (Å²) in [4.78, 5) is 20.9. The third-order valence-electron chi connectivity index (χ3n) is 5.86. The Balaban J connectivity index is 1.62. The van der Waals surface area contributed by atoms with Gasteiger partial charge in [-0.15, -0.1) is 21.5 Å². The maximum Gasteiger partial charge on any atom is 0.227 e. The summed E-state index contributed by atoms with van der Waals surface area (Å²) in [5.41, 5.74) is 2.69. The Labute approximate surface area is 195 Å². The molecule has 5 rings (SSSR count). The Bertz CT molecular complexity index is 1190. The van der Waals surface area contributed by atoms with Gasteiger partial charge >= 0.3 is 0 Å². The van der Waals surface area contributed by atoms with Crippen LogP contribution in [0, 0.1) is 6.92 Å². The number of thiophene rings is 1. The number of carbonyl (C=O) groups excluding carboxylic acids is 1. The summed E-state index contributed by atoms with van der Waals surface area (Å²) >= 11 is 8.19. The van der Waals surface area contributed by atoms with E-state index in [-0.39, 0.29) is 11.9 Å². The predicted molar refractivity (Wildman–Crippen MR) is 125 cm³/mol. The van der Waals surface area contributed by atoms with Crippen LogP contribution in [0.25, 0.3) is 5.00 Å². The Kier molecular flexibility index (Phi) is 5.84. The zero-order valence-electron chi connectivity index (χ0n) is 18.0. The van der Waals surface area contributed by atoms with Crippen LogP contribution in [0.4, 0.5) is 0 Å². The van der Waals surface area contributed by atoms with E-state index in [1.165, 1.54) is 0 Å². The van der Waals surface area contributed by atoms with Gasteiger partial charge in [-0.3, -0.25) is 14.4 Å². The number of rotatable bonds is 4. The molecule has 2 aliphatic rings. The molecule has 0 aliphatic carbocycles. The van der Waals surface area contributed by atoms with E-state index in [1.807, 2.05) is 36.1 Å². The second kappa shape index (κ2) is 8.77. The van der Waals surface area contributed by atoms with E-state index >= 15 is 0 Å². The van der Waals surface area contributed by atoms with Crippen LogP contribution in [-0.4, -0.2) is 57.6 Å². The molecule has 0 N–H and O–H groups in total. The van der Waals surface area contributed by atoms with Crippen molar-refractivity contribution in [2.24, 2.45) is 4.99 Å². The fourth-order valence-electron chi connectivity index (χ4n) is 4.20. The molecule has 1 aromatic carbocycles. The molecule has 3 aromatic rings. The van der Waals surface area contributed by atoms with Crippen LogP contribution in [0.15, 0.2) is 35.3 Å². The SMILES string of the molecule is CCC1N=C(c2ccccc2Cl)c2cc(CC(=O)N3CCOCC3)sc2-n2c(C)nnc21. The van der Waals surface area contributed by atoms with Crippen molar-refractivity contribution in [3.63, 3.8) is 0 Å². The number of aryl methyl sites for hydroxylation is 1. The van der Waals surface area contributed by atoms with Crippen LogP contribution in [0.2, 0.25) is 5.02 Å². The summed E-state index contributed by atoms with van der Waals surface area (Å²) in [7, 11) is 0. The lowest BCUT2D eigenvalue weighted by molar-refractivity contribution is -0.134. The number of morpholine rings is 1. The summed E-state index contributed by atoms with van der Waals surface area (Å²) in [6.45, 7) is 6.52.